The van der Waals surface area contributed by atoms with Crippen LogP contribution in [0.4, 0.5) is 22.1 Å². The van der Waals surface area contributed by atoms with E-state index in [0.29, 0.717) is 58.2 Å². The average Bonchev–Trinajstić information content (AvgIpc) is 2.94. The van der Waals surface area contributed by atoms with Gasteiger partial charge in [-0.05, 0) is 30.3 Å². The van der Waals surface area contributed by atoms with Gasteiger partial charge in [0.2, 0.25) is 11.8 Å². The molecular formula is C28H27ClN6O5. The molecule has 40 heavy (non-hydrogen) atoms. The number of aromatic nitrogens is 2. The van der Waals surface area contributed by atoms with Gasteiger partial charge >= 0.3 is 6.09 Å². The summed E-state index contributed by atoms with van der Waals surface area (Å²) in [4.78, 5) is 34.8. The van der Waals surface area contributed by atoms with E-state index in [0.717, 1.165) is 19.6 Å². The molecule has 0 unspecified atom stereocenters. The fourth-order valence-electron chi connectivity index (χ4n) is 4.33. The van der Waals surface area contributed by atoms with Crippen LogP contribution in [-0.4, -0.2) is 71.4 Å². The van der Waals surface area contributed by atoms with E-state index in [4.69, 9.17) is 26.2 Å². The van der Waals surface area contributed by atoms with Gasteiger partial charge in [0.05, 0.1) is 18.9 Å². The Hall–Kier alpha value is -4.45. The second-order valence-corrected chi connectivity index (χ2v) is 9.41. The summed E-state index contributed by atoms with van der Waals surface area (Å²) in [6.45, 7) is 4.38. The number of fused-ring (bicyclic) bond motifs is 1. The number of hydrogen-bond acceptors (Lipinski definition) is 8. The Labute approximate surface area is 235 Å². The van der Waals surface area contributed by atoms with Crippen molar-refractivity contribution < 1.29 is 24.2 Å². The van der Waals surface area contributed by atoms with E-state index in [9.17, 15) is 9.59 Å². The van der Waals surface area contributed by atoms with E-state index >= 15 is 0 Å². The number of anilines is 3. The van der Waals surface area contributed by atoms with Crippen LogP contribution in [0.5, 0.6) is 11.6 Å². The van der Waals surface area contributed by atoms with E-state index in [2.05, 4.69) is 30.8 Å². The third kappa shape index (κ3) is 6.94. The van der Waals surface area contributed by atoms with Crippen LogP contribution in [0.25, 0.3) is 10.8 Å². The van der Waals surface area contributed by atoms with Crippen molar-refractivity contribution in [3.63, 3.8) is 0 Å². The number of benzene rings is 3. The summed E-state index contributed by atoms with van der Waals surface area (Å²) in [7, 11) is 0. The van der Waals surface area contributed by atoms with Crippen molar-refractivity contribution in [3.05, 3.63) is 77.4 Å². The zero-order valence-corrected chi connectivity index (χ0v) is 22.1. The fraction of sp³-hybridized carbons (Fsp3) is 0.214. The third-order valence-electron chi connectivity index (χ3n) is 6.20. The van der Waals surface area contributed by atoms with Crippen LogP contribution >= 0.6 is 11.6 Å². The Morgan fingerprint density at radius 1 is 1.05 bits per heavy atom. The monoisotopic (exact) mass is 562 g/mol. The highest BCUT2D eigenvalue weighted by atomic mass is 35.5. The summed E-state index contributed by atoms with van der Waals surface area (Å²) in [5.74, 6) is 0.774. The number of morpholine rings is 1. The first-order valence-electron chi connectivity index (χ1n) is 12.6. The van der Waals surface area contributed by atoms with Crippen molar-refractivity contribution in [3.8, 4) is 11.6 Å². The Bertz CT molecular complexity index is 1530. The molecule has 1 aliphatic rings. The minimum atomic E-state index is -1.15. The van der Waals surface area contributed by atoms with Crippen molar-refractivity contribution in [1.82, 2.24) is 20.2 Å². The van der Waals surface area contributed by atoms with Gasteiger partial charge in [0.25, 0.3) is 5.91 Å². The quantitative estimate of drug-likeness (QED) is 0.223. The van der Waals surface area contributed by atoms with Crippen molar-refractivity contribution in [1.29, 1.82) is 0 Å². The molecule has 2 amide bonds. The molecule has 0 radical (unpaired) electrons. The molecule has 206 valence electrons. The largest absolute Gasteiger partial charge is 0.465 e. The third-order valence-corrected chi connectivity index (χ3v) is 6.42. The molecule has 12 heteroatoms. The van der Waals surface area contributed by atoms with Crippen LogP contribution in [0, 0.1) is 0 Å². The predicted octanol–water partition coefficient (Wildman–Crippen LogP) is 4.97. The summed E-state index contributed by atoms with van der Waals surface area (Å²) in [5, 5.41) is 19.3. The maximum absolute atomic E-state index is 12.8. The van der Waals surface area contributed by atoms with Gasteiger partial charge in [0.15, 0.2) is 0 Å². The number of carbonyl (C=O) groups excluding carboxylic acids is 1. The van der Waals surface area contributed by atoms with Gasteiger partial charge in [-0.15, -0.1) is 0 Å². The molecule has 1 aliphatic heterocycles. The number of halogens is 1. The first-order chi connectivity index (χ1) is 19.4. The van der Waals surface area contributed by atoms with Gasteiger partial charge in [-0.1, -0.05) is 35.9 Å². The van der Waals surface area contributed by atoms with E-state index in [-0.39, 0.29) is 17.7 Å². The van der Waals surface area contributed by atoms with E-state index in [1.54, 1.807) is 42.5 Å². The van der Waals surface area contributed by atoms with Crippen LogP contribution in [0.3, 0.4) is 0 Å². The number of nitrogens with one attached hydrogen (secondary N) is 3. The second kappa shape index (κ2) is 12.6. The zero-order chi connectivity index (χ0) is 27.9. The maximum Gasteiger partial charge on any atom is 0.409 e. The highest BCUT2D eigenvalue weighted by molar-refractivity contribution is 6.31. The van der Waals surface area contributed by atoms with Crippen LogP contribution < -0.4 is 20.7 Å². The first-order valence-corrected chi connectivity index (χ1v) is 13.0. The highest BCUT2D eigenvalue weighted by Gasteiger charge is 2.14. The average molecular weight is 563 g/mol. The van der Waals surface area contributed by atoms with Crippen LogP contribution in [0.1, 0.15) is 10.4 Å². The van der Waals surface area contributed by atoms with Gasteiger partial charge in [-0.25, -0.2) is 9.78 Å². The molecule has 11 nitrogen and oxygen atoms in total. The highest BCUT2D eigenvalue weighted by Crippen LogP contribution is 2.34. The molecule has 1 aromatic heterocycles. The summed E-state index contributed by atoms with van der Waals surface area (Å²) in [5.41, 5.74) is 1.39. The lowest BCUT2D eigenvalue weighted by atomic mass is 10.1. The molecule has 5 rings (SSSR count). The minimum absolute atomic E-state index is 0.232. The summed E-state index contributed by atoms with van der Waals surface area (Å²) < 4.78 is 11.4. The molecule has 0 bridgehead atoms. The summed E-state index contributed by atoms with van der Waals surface area (Å²) in [6, 6.07) is 17.1. The van der Waals surface area contributed by atoms with Gasteiger partial charge in [-0.3, -0.25) is 15.0 Å². The van der Waals surface area contributed by atoms with Crippen molar-refractivity contribution in [2.45, 2.75) is 0 Å². The minimum Gasteiger partial charge on any atom is -0.465 e. The Morgan fingerprint density at radius 2 is 1.85 bits per heavy atom. The lowest BCUT2D eigenvalue weighted by molar-refractivity contribution is 0.0383. The number of amides is 2. The molecule has 1 saturated heterocycles. The topological polar surface area (TPSA) is 138 Å². The predicted molar refractivity (Wildman–Crippen MR) is 152 cm³/mol. The zero-order valence-electron chi connectivity index (χ0n) is 21.4. The lowest BCUT2D eigenvalue weighted by Gasteiger charge is -2.26. The number of ether oxygens (including phenoxy) is 2. The van der Waals surface area contributed by atoms with Gasteiger partial charge in [0.1, 0.15) is 5.75 Å². The molecule has 0 aliphatic carbocycles. The summed E-state index contributed by atoms with van der Waals surface area (Å²) in [6.07, 6.45) is 0.386. The number of rotatable bonds is 9. The SMILES string of the molecule is O=C(O)Nc1ccc(Oc2ccnc(Nc3cc(Cl)cc(C(=O)NCCN4CCOCC4)c3)n2)c2ccccc12. The normalized spacial score (nSPS) is 13.5. The number of carbonyl (C=O) groups is 2. The van der Waals surface area contributed by atoms with Crippen LogP contribution in [-0.2, 0) is 4.74 Å². The molecule has 4 N–H and O–H groups in total. The first kappa shape index (κ1) is 27.1. The molecule has 3 aromatic carbocycles. The van der Waals surface area contributed by atoms with Gasteiger partial charge in [-0.2, -0.15) is 4.98 Å². The van der Waals surface area contributed by atoms with E-state index < -0.39 is 6.09 Å². The fourth-order valence-corrected chi connectivity index (χ4v) is 4.57. The Balaban J connectivity index is 1.27. The number of hydrogen-bond donors (Lipinski definition) is 4. The maximum atomic E-state index is 12.8. The number of nitrogens with zero attached hydrogens (tertiary/aromatic N) is 3. The van der Waals surface area contributed by atoms with Gasteiger partial charge < -0.3 is 25.2 Å². The number of carboxylic acid groups (broad SMARTS) is 1. The van der Waals surface area contributed by atoms with Crippen molar-refractivity contribution in [2.75, 3.05) is 50.0 Å². The van der Waals surface area contributed by atoms with E-state index in [1.165, 1.54) is 6.20 Å². The molecule has 0 spiro atoms. The van der Waals surface area contributed by atoms with E-state index in [1.807, 2.05) is 18.2 Å². The van der Waals surface area contributed by atoms with Crippen molar-refractivity contribution in [2.24, 2.45) is 0 Å². The van der Waals surface area contributed by atoms with Crippen molar-refractivity contribution >= 4 is 51.7 Å². The molecule has 0 atom stereocenters. The Morgan fingerprint density at radius 3 is 2.65 bits per heavy atom. The standard InChI is InChI=1S/C28H27ClN6O5/c29-19-15-18(26(36)30-9-10-35-11-13-39-14-12-35)16-20(17-19)32-27-31-8-7-25(34-27)40-24-6-5-23(33-28(37)38)21-3-1-2-4-22(21)24/h1-8,15-17,33H,9-14H2,(H,30,36)(H,37,38)(H,31,32,34). The van der Waals surface area contributed by atoms with Crippen LogP contribution in [0.2, 0.25) is 5.02 Å². The lowest BCUT2D eigenvalue weighted by Crippen LogP contribution is -2.41. The smallest absolute Gasteiger partial charge is 0.409 e. The summed E-state index contributed by atoms with van der Waals surface area (Å²) >= 11 is 6.30. The molecule has 0 saturated carbocycles. The second-order valence-electron chi connectivity index (χ2n) is 8.97. The molecule has 2 heterocycles. The van der Waals surface area contributed by atoms with Crippen LogP contribution in [0.15, 0.2) is 66.9 Å². The molecule has 4 aromatic rings. The Kier molecular flexibility index (Phi) is 8.55. The molecule has 1 fully saturated rings. The van der Waals surface area contributed by atoms with Gasteiger partial charge in [0, 0.05) is 65.5 Å². The molecular weight excluding hydrogens is 536 g/mol.